The van der Waals surface area contributed by atoms with Crippen LogP contribution < -0.4 is 5.73 Å². The molecule has 0 aromatic carbocycles. The average molecular weight is 259 g/mol. The lowest BCUT2D eigenvalue weighted by Crippen LogP contribution is -2.35. The van der Waals surface area contributed by atoms with Gasteiger partial charge >= 0.3 is 11.9 Å². The Morgan fingerprint density at radius 1 is 1.11 bits per heavy atom. The molecule has 0 aromatic rings. The molecule has 5 heteroatoms. The van der Waals surface area contributed by atoms with Gasteiger partial charge in [-0.15, -0.1) is 0 Å². The van der Waals surface area contributed by atoms with E-state index in [9.17, 15) is 9.59 Å². The van der Waals surface area contributed by atoms with Gasteiger partial charge < -0.3 is 15.6 Å². The predicted octanol–water partition coefficient (Wildman–Crippen LogP) is 2.08. The van der Waals surface area contributed by atoms with Gasteiger partial charge in [0.05, 0.1) is 0 Å². The Kier molecular flexibility index (Phi) is 10.3. The van der Waals surface area contributed by atoms with Crippen molar-refractivity contribution in [2.45, 2.75) is 64.3 Å². The molecule has 5 nitrogen and oxygen atoms in total. The molecule has 0 fully saturated rings. The first kappa shape index (κ1) is 16.9. The number of ether oxygens (including phenoxy) is 1. The number of carboxylic acids is 1. The Hall–Kier alpha value is -1.10. The maximum Gasteiger partial charge on any atom is 0.324 e. The van der Waals surface area contributed by atoms with Gasteiger partial charge in [0.1, 0.15) is 12.6 Å². The van der Waals surface area contributed by atoms with E-state index in [1.54, 1.807) is 0 Å². The van der Waals surface area contributed by atoms with Gasteiger partial charge in [0.25, 0.3) is 0 Å². The first-order chi connectivity index (χ1) is 8.57. The Bertz CT molecular complexity index is 243. The van der Waals surface area contributed by atoms with Crippen molar-refractivity contribution in [2.24, 2.45) is 5.73 Å². The van der Waals surface area contributed by atoms with E-state index in [0.717, 1.165) is 19.3 Å². The predicted molar refractivity (Wildman–Crippen MR) is 69.2 cm³/mol. The van der Waals surface area contributed by atoms with E-state index < -0.39 is 12.0 Å². The summed E-state index contributed by atoms with van der Waals surface area (Å²) in [5, 5.41) is 8.50. The molecule has 0 saturated carbocycles. The number of rotatable bonds is 11. The largest absolute Gasteiger partial charge is 0.480 e. The van der Waals surface area contributed by atoms with E-state index in [1.807, 2.05) is 0 Å². The topological polar surface area (TPSA) is 89.6 Å². The molecule has 0 aliphatic carbocycles. The summed E-state index contributed by atoms with van der Waals surface area (Å²) in [4.78, 5) is 21.6. The normalized spacial score (nSPS) is 12.1. The van der Waals surface area contributed by atoms with Gasteiger partial charge in [0.2, 0.25) is 0 Å². The minimum Gasteiger partial charge on any atom is -0.480 e. The van der Waals surface area contributed by atoms with Crippen molar-refractivity contribution in [3.63, 3.8) is 0 Å². The molecule has 0 spiro atoms. The molecule has 0 aliphatic heterocycles. The molecule has 0 aliphatic rings. The van der Waals surface area contributed by atoms with Crippen molar-refractivity contribution in [2.75, 3.05) is 6.61 Å². The molecule has 0 amide bonds. The third-order valence-corrected chi connectivity index (χ3v) is 2.73. The van der Waals surface area contributed by atoms with Gasteiger partial charge in [-0.25, -0.2) is 0 Å². The molecule has 0 rings (SSSR count). The number of unbranched alkanes of at least 4 members (excludes halogenated alkanes) is 6. The number of hydrogen-bond donors (Lipinski definition) is 2. The maximum atomic E-state index is 11.2. The standard InChI is InChI=1S/C13H25NO4/c1-2-3-4-5-6-7-8-9-12(15)18-10-11(14)13(16)17/h11H,2-10,14H2,1H3,(H,16,17)/t11-/m0/s1. The third kappa shape index (κ3) is 10.1. The quantitative estimate of drug-likeness (QED) is 0.438. The molecule has 0 heterocycles. The fourth-order valence-corrected chi connectivity index (χ4v) is 1.55. The average Bonchev–Trinajstić information content (AvgIpc) is 2.34. The zero-order valence-corrected chi connectivity index (χ0v) is 11.2. The number of hydrogen-bond acceptors (Lipinski definition) is 4. The second-order valence-electron chi connectivity index (χ2n) is 4.50. The molecule has 3 N–H and O–H groups in total. The minimum absolute atomic E-state index is 0.245. The van der Waals surface area contributed by atoms with Crippen molar-refractivity contribution in [1.29, 1.82) is 0 Å². The maximum absolute atomic E-state index is 11.2. The lowest BCUT2D eigenvalue weighted by molar-refractivity contribution is -0.147. The Morgan fingerprint density at radius 2 is 1.67 bits per heavy atom. The summed E-state index contributed by atoms with van der Waals surface area (Å²) in [6.07, 6.45) is 8.28. The van der Waals surface area contributed by atoms with E-state index in [0.29, 0.717) is 6.42 Å². The van der Waals surface area contributed by atoms with Gasteiger partial charge in [-0.3, -0.25) is 9.59 Å². The summed E-state index contributed by atoms with van der Waals surface area (Å²) in [5.41, 5.74) is 5.21. The van der Waals surface area contributed by atoms with Gasteiger partial charge in [0, 0.05) is 6.42 Å². The van der Waals surface area contributed by atoms with Crippen LogP contribution in [0, 0.1) is 0 Å². The van der Waals surface area contributed by atoms with Crippen LogP contribution >= 0.6 is 0 Å². The van der Waals surface area contributed by atoms with Crippen molar-refractivity contribution in [3.8, 4) is 0 Å². The van der Waals surface area contributed by atoms with Crippen LogP contribution in [0.25, 0.3) is 0 Å². The third-order valence-electron chi connectivity index (χ3n) is 2.73. The summed E-state index contributed by atoms with van der Waals surface area (Å²) in [5.74, 6) is -1.51. The van der Waals surface area contributed by atoms with Gasteiger partial charge in [-0.1, -0.05) is 45.4 Å². The van der Waals surface area contributed by atoms with E-state index >= 15 is 0 Å². The number of esters is 1. The second kappa shape index (κ2) is 11.0. The monoisotopic (exact) mass is 259 g/mol. The molecular weight excluding hydrogens is 234 g/mol. The van der Waals surface area contributed by atoms with Crippen molar-refractivity contribution in [3.05, 3.63) is 0 Å². The number of carboxylic acid groups (broad SMARTS) is 1. The molecule has 0 unspecified atom stereocenters. The Morgan fingerprint density at radius 3 is 2.22 bits per heavy atom. The zero-order chi connectivity index (χ0) is 13.8. The fraction of sp³-hybridized carbons (Fsp3) is 0.846. The van der Waals surface area contributed by atoms with Crippen LogP contribution in [0.5, 0.6) is 0 Å². The summed E-state index contributed by atoms with van der Waals surface area (Å²) >= 11 is 0. The highest BCUT2D eigenvalue weighted by molar-refractivity contribution is 5.74. The molecule has 106 valence electrons. The first-order valence-electron chi connectivity index (χ1n) is 6.72. The van der Waals surface area contributed by atoms with Crippen molar-refractivity contribution >= 4 is 11.9 Å². The smallest absolute Gasteiger partial charge is 0.324 e. The van der Waals surface area contributed by atoms with E-state index in [-0.39, 0.29) is 12.6 Å². The molecule has 0 radical (unpaired) electrons. The highest BCUT2D eigenvalue weighted by Gasteiger charge is 2.13. The minimum atomic E-state index is -1.15. The summed E-state index contributed by atoms with van der Waals surface area (Å²) < 4.78 is 4.77. The van der Waals surface area contributed by atoms with Crippen LogP contribution in [0.3, 0.4) is 0 Å². The molecular formula is C13H25NO4. The van der Waals surface area contributed by atoms with Crippen molar-refractivity contribution < 1.29 is 19.4 Å². The summed E-state index contributed by atoms with van der Waals surface area (Å²) in [6.45, 7) is 1.93. The highest BCUT2D eigenvalue weighted by Crippen LogP contribution is 2.08. The van der Waals surface area contributed by atoms with Crippen LogP contribution in [0.2, 0.25) is 0 Å². The number of aliphatic carboxylic acids is 1. The molecule has 0 bridgehead atoms. The molecule has 1 atom stereocenters. The lowest BCUT2D eigenvalue weighted by Gasteiger charge is -2.07. The number of carbonyl (C=O) groups excluding carboxylic acids is 1. The summed E-state index contributed by atoms with van der Waals surface area (Å²) in [7, 11) is 0. The first-order valence-corrected chi connectivity index (χ1v) is 6.72. The molecule has 0 saturated heterocycles. The Balaban J connectivity index is 3.35. The van der Waals surface area contributed by atoms with Crippen molar-refractivity contribution in [1.82, 2.24) is 0 Å². The molecule has 0 aromatic heterocycles. The van der Waals surface area contributed by atoms with E-state index in [2.05, 4.69) is 6.92 Å². The van der Waals surface area contributed by atoms with Crippen LogP contribution in [0.15, 0.2) is 0 Å². The highest BCUT2D eigenvalue weighted by atomic mass is 16.5. The fourth-order valence-electron chi connectivity index (χ4n) is 1.55. The Labute approximate surface area is 109 Å². The lowest BCUT2D eigenvalue weighted by atomic mass is 10.1. The van der Waals surface area contributed by atoms with Crippen LogP contribution in [0.4, 0.5) is 0 Å². The summed E-state index contributed by atoms with van der Waals surface area (Å²) in [6, 6.07) is -1.12. The SMILES string of the molecule is CCCCCCCCCC(=O)OC[C@H](N)C(=O)O. The number of nitrogens with two attached hydrogens (primary N) is 1. The zero-order valence-electron chi connectivity index (χ0n) is 11.2. The van der Waals surface area contributed by atoms with E-state index in [1.165, 1.54) is 25.7 Å². The number of carbonyl (C=O) groups is 2. The van der Waals surface area contributed by atoms with Gasteiger partial charge in [-0.2, -0.15) is 0 Å². The molecule has 18 heavy (non-hydrogen) atoms. The van der Waals surface area contributed by atoms with Crippen LogP contribution in [0.1, 0.15) is 58.3 Å². The van der Waals surface area contributed by atoms with Crippen LogP contribution in [-0.2, 0) is 14.3 Å². The van der Waals surface area contributed by atoms with E-state index in [4.69, 9.17) is 15.6 Å². The van der Waals surface area contributed by atoms with Gasteiger partial charge in [-0.05, 0) is 6.42 Å². The second-order valence-corrected chi connectivity index (χ2v) is 4.50. The van der Waals surface area contributed by atoms with Gasteiger partial charge in [0.15, 0.2) is 0 Å². The van der Waals surface area contributed by atoms with Crippen LogP contribution in [-0.4, -0.2) is 29.7 Å².